The van der Waals surface area contributed by atoms with E-state index in [9.17, 15) is 14.0 Å². The number of anilines is 1. The molecule has 0 aliphatic heterocycles. The average Bonchev–Trinajstić information content (AvgIpc) is 2.35. The van der Waals surface area contributed by atoms with Crippen LogP contribution in [0.2, 0.25) is 0 Å². The number of hydrogen-bond donors (Lipinski definition) is 0. The van der Waals surface area contributed by atoms with E-state index in [2.05, 4.69) is 5.10 Å². The van der Waals surface area contributed by atoms with Crippen LogP contribution in [0.4, 0.5) is 10.1 Å². The van der Waals surface area contributed by atoms with Crippen LogP contribution in [0, 0.1) is 5.82 Å². The molecular weight excluding hydrogens is 223 g/mol. The number of allylic oxidation sites excluding steroid dienone is 2. The van der Waals surface area contributed by atoms with Crippen molar-refractivity contribution in [1.82, 2.24) is 0 Å². The number of amides is 1. The summed E-state index contributed by atoms with van der Waals surface area (Å²) < 4.78 is 12.7. The van der Waals surface area contributed by atoms with Gasteiger partial charge in [0.05, 0.1) is 5.69 Å². The van der Waals surface area contributed by atoms with Crippen molar-refractivity contribution in [3.8, 4) is 0 Å². The lowest BCUT2D eigenvalue weighted by Gasteiger charge is -2.09. The van der Waals surface area contributed by atoms with Gasteiger partial charge < -0.3 is 0 Å². The van der Waals surface area contributed by atoms with Crippen molar-refractivity contribution in [3.63, 3.8) is 0 Å². The second kappa shape index (κ2) is 6.32. The van der Waals surface area contributed by atoms with Crippen LogP contribution < -0.4 is 5.01 Å². The number of benzene rings is 1. The Bertz CT molecular complexity index is 452. The molecule has 1 aromatic carbocycles. The van der Waals surface area contributed by atoms with Crippen molar-refractivity contribution < 1.29 is 14.0 Å². The Labute approximate surface area is 98.0 Å². The third-order valence-electron chi connectivity index (χ3n) is 1.91. The molecule has 0 saturated carbocycles. The van der Waals surface area contributed by atoms with E-state index in [4.69, 9.17) is 0 Å². The van der Waals surface area contributed by atoms with Gasteiger partial charge in [0.2, 0.25) is 6.41 Å². The summed E-state index contributed by atoms with van der Waals surface area (Å²) in [7, 11) is 0. The van der Waals surface area contributed by atoms with E-state index in [-0.39, 0.29) is 5.82 Å². The first kappa shape index (κ1) is 12.8. The molecular formula is C12H11FN2O2. The quantitative estimate of drug-likeness (QED) is 0.338. The summed E-state index contributed by atoms with van der Waals surface area (Å²) in [4.78, 5) is 21.1. The van der Waals surface area contributed by atoms with Crippen LogP contribution in [0.5, 0.6) is 0 Å². The minimum atomic E-state index is -0.389. The zero-order valence-corrected chi connectivity index (χ0v) is 9.21. The van der Waals surface area contributed by atoms with Gasteiger partial charge in [-0.15, -0.1) is 0 Å². The van der Waals surface area contributed by atoms with Crippen LogP contribution in [-0.4, -0.2) is 18.9 Å². The summed E-state index contributed by atoms with van der Waals surface area (Å²) in [6.07, 6.45) is 3.96. The second-order valence-corrected chi connectivity index (χ2v) is 3.22. The lowest BCUT2D eigenvalue weighted by molar-refractivity contribution is -0.107. The molecule has 0 aliphatic carbocycles. The Balaban J connectivity index is 2.82. The number of aldehydes is 1. The largest absolute Gasteiger partial charge is 0.298 e. The molecule has 17 heavy (non-hydrogen) atoms. The topological polar surface area (TPSA) is 49.7 Å². The molecule has 0 spiro atoms. The lowest BCUT2D eigenvalue weighted by atomic mass is 10.3. The number of rotatable bonds is 5. The summed E-state index contributed by atoms with van der Waals surface area (Å²) in [5.41, 5.74) is 0.925. The van der Waals surface area contributed by atoms with Crippen LogP contribution in [0.1, 0.15) is 6.92 Å². The molecule has 1 rings (SSSR count). The molecule has 0 aromatic heterocycles. The maximum absolute atomic E-state index is 12.7. The zero-order valence-electron chi connectivity index (χ0n) is 9.21. The van der Waals surface area contributed by atoms with Crippen LogP contribution in [0.3, 0.4) is 0 Å². The Morgan fingerprint density at radius 3 is 2.47 bits per heavy atom. The molecule has 0 heterocycles. The van der Waals surface area contributed by atoms with E-state index in [0.717, 1.165) is 5.01 Å². The molecule has 0 aliphatic rings. The van der Waals surface area contributed by atoms with Crippen molar-refractivity contribution in [3.05, 3.63) is 41.7 Å². The summed E-state index contributed by atoms with van der Waals surface area (Å²) >= 11 is 0. The summed E-state index contributed by atoms with van der Waals surface area (Å²) in [6, 6.07) is 5.32. The summed E-state index contributed by atoms with van der Waals surface area (Å²) in [5.74, 6) is -0.389. The molecule has 0 saturated heterocycles. The predicted molar refractivity (Wildman–Crippen MR) is 63.3 cm³/mol. The van der Waals surface area contributed by atoms with Crippen molar-refractivity contribution in [2.24, 2.45) is 5.10 Å². The van der Waals surface area contributed by atoms with Gasteiger partial charge in [0.15, 0.2) is 0 Å². The highest BCUT2D eigenvalue weighted by Gasteiger charge is 2.01. The normalized spacial score (nSPS) is 11.5. The van der Waals surface area contributed by atoms with Gasteiger partial charge >= 0.3 is 0 Å². The zero-order chi connectivity index (χ0) is 12.7. The van der Waals surface area contributed by atoms with Gasteiger partial charge in [0.1, 0.15) is 12.1 Å². The first-order valence-corrected chi connectivity index (χ1v) is 4.83. The van der Waals surface area contributed by atoms with Crippen LogP contribution in [-0.2, 0) is 9.59 Å². The third kappa shape index (κ3) is 3.98. The van der Waals surface area contributed by atoms with Crippen molar-refractivity contribution in [2.75, 3.05) is 5.01 Å². The molecule has 0 N–H and O–H groups in total. The average molecular weight is 234 g/mol. The number of nitrogens with zero attached hydrogens (tertiary/aromatic N) is 2. The van der Waals surface area contributed by atoms with E-state index in [1.54, 1.807) is 6.92 Å². The van der Waals surface area contributed by atoms with E-state index >= 15 is 0 Å². The molecule has 5 heteroatoms. The minimum Gasteiger partial charge on any atom is -0.298 e. The number of halogens is 1. The monoisotopic (exact) mass is 234 g/mol. The summed E-state index contributed by atoms with van der Waals surface area (Å²) in [5, 5.41) is 4.85. The Hall–Kier alpha value is -2.30. The SMILES string of the molecule is C/C(C=O)=C\C=N/N(C=O)c1ccc(F)cc1. The van der Waals surface area contributed by atoms with E-state index < -0.39 is 0 Å². The van der Waals surface area contributed by atoms with Crippen molar-refractivity contribution >= 4 is 24.6 Å². The second-order valence-electron chi connectivity index (χ2n) is 3.22. The molecule has 0 atom stereocenters. The van der Waals surface area contributed by atoms with Gasteiger partial charge in [-0.3, -0.25) is 9.59 Å². The fraction of sp³-hybridized carbons (Fsp3) is 0.0833. The summed E-state index contributed by atoms with van der Waals surface area (Å²) in [6.45, 7) is 1.61. The van der Waals surface area contributed by atoms with Crippen molar-refractivity contribution in [2.45, 2.75) is 6.92 Å². The van der Waals surface area contributed by atoms with E-state index in [1.165, 1.54) is 36.6 Å². The van der Waals surface area contributed by atoms with Crippen molar-refractivity contribution in [1.29, 1.82) is 0 Å². The standard InChI is InChI=1S/C12H11FN2O2/c1-10(8-16)6-7-14-15(9-17)12-4-2-11(13)3-5-12/h2-9H,1H3/b10-6+,14-7-. The smallest absolute Gasteiger partial charge is 0.234 e. The predicted octanol–water partition coefficient (Wildman–Crippen LogP) is 1.92. The molecule has 0 unspecified atom stereocenters. The third-order valence-corrected chi connectivity index (χ3v) is 1.91. The molecule has 0 radical (unpaired) electrons. The van der Waals surface area contributed by atoms with Gasteiger partial charge in [-0.25, -0.2) is 9.40 Å². The first-order chi connectivity index (χ1) is 8.17. The fourth-order valence-electron chi connectivity index (χ4n) is 1.01. The van der Waals surface area contributed by atoms with Crippen LogP contribution in [0.15, 0.2) is 41.0 Å². The highest BCUT2D eigenvalue weighted by Crippen LogP contribution is 2.13. The number of carbonyl (C=O) groups is 2. The molecule has 0 fully saturated rings. The molecule has 4 nitrogen and oxygen atoms in total. The maximum atomic E-state index is 12.7. The van der Waals surface area contributed by atoms with Gasteiger partial charge in [-0.05, 0) is 42.8 Å². The fourth-order valence-corrected chi connectivity index (χ4v) is 1.01. The Morgan fingerprint density at radius 1 is 1.29 bits per heavy atom. The number of carbonyl (C=O) groups excluding carboxylic acids is 2. The Morgan fingerprint density at radius 2 is 1.94 bits per heavy atom. The lowest BCUT2D eigenvalue weighted by Crippen LogP contribution is -2.13. The highest BCUT2D eigenvalue weighted by atomic mass is 19.1. The highest BCUT2D eigenvalue weighted by molar-refractivity contribution is 5.85. The van der Waals surface area contributed by atoms with Gasteiger partial charge in [-0.1, -0.05) is 0 Å². The molecule has 88 valence electrons. The Kier molecular flexibility index (Phi) is 4.75. The number of hydrazone groups is 1. The van der Waals surface area contributed by atoms with E-state index in [1.807, 2.05) is 0 Å². The van der Waals surface area contributed by atoms with E-state index in [0.29, 0.717) is 24.0 Å². The molecule has 1 aromatic rings. The minimum absolute atomic E-state index is 0.389. The first-order valence-electron chi connectivity index (χ1n) is 4.83. The van der Waals surface area contributed by atoms with Gasteiger partial charge in [-0.2, -0.15) is 5.10 Å². The van der Waals surface area contributed by atoms with Gasteiger partial charge in [0, 0.05) is 6.21 Å². The van der Waals surface area contributed by atoms with Gasteiger partial charge in [0.25, 0.3) is 0 Å². The maximum Gasteiger partial charge on any atom is 0.234 e. The molecule has 1 amide bonds. The number of hydrogen-bond acceptors (Lipinski definition) is 3. The molecule has 0 bridgehead atoms. The van der Waals surface area contributed by atoms with Crippen LogP contribution in [0.25, 0.3) is 0 Å². The van der Waals surface area contributed by atoms with Crippen LogP contribution >= 0.6 is 0 Å².